The molecule has 3 aromatic carbocycles. The van der Waals surface area contributed by atoms with E-state index in [0.29, 0.717) is 26.4 Å². The lowest BCUT2D eigenvalue weighted by molar-refractivity contribution is -0.309. The third kappa shape index (κ3) is 10.2. The van der Waals surface area contributed by atoms with Crippen LogP contribution >= 0.6 is 0 Å². The molecule has 1 aliphatic heterocycles. The molecule has 0 radical (unpaired) electrons. The lowest BCUT2D eigenvalue weighted by Crippen LogP contribution is -2.60. The fourth-order valence-corrected chi connectivity index (χ4v) is 4.85. The third-order valence-electron chi connectivity index (χ3n) is 7.02. The highest BCUT2D eigenvalue weighted by atomic mass is 16.7. The molecule has 3 aromatic rings. The van der Waals surface area contributed by atoms with Crippen molar-refractivity contribution in [3.63, 3.8) is 0 Å². The lowest BCUT2D eigenvalue weighted by Gasteiger charge is -2.45. The van der Waals surface area contributed by atoms with Gasteiger partial charge in [-0.1, -0.05) is 103 Å². The van der Waals surface area contributed by atoms with Gasteiger partial charge in [-0.05, 0) is 36.0 Å². The number of rotatable bonds is 16. The van der Waals surface area contributed by atoms with Crippen molar-refractivity contribution < 1.29 is 33.2 Å². The number of unbranched alkanes of at least 4 members (excludes halogenated alkanes) is 2. The minimum atomic E-state index is -0.662. The van der Waals surface area contributed by atoms with Gasteiger partial charge in [0.2, 0.25) is 0 Å². The molecule has 224 valence electrons. The molecule has 42 heavy (non-hydrogen) atoms. The number of benzene rings is 3. The van der Waals surface area contributed by atoms with Crippen molar-refractivity contribution in [3.8, 4) is 0 Å². The van der Waals surface area contributed by atoms with Crippen molar-refractivity contribution >= 4 is 5.97 Å². The molecule has 1 aliphatic rings. The zero-order valence-corrected chi connectivity index (χ0v) is 24.5. The molecule has 1 fully saturated rings. The summed E-state index contributed by atoms with van der Waals surface area (Å²) in [6, 6.07) is 30.2. The maximum Gasteiger partial charge on any atom is 0.302 e. The van der Waals surface area contributed by atoms with Crippen LogP contribution in [0.1, 0.15) is 42.9 Å². The average Bonchev–Trinajstić information content (AvgIpc) is 3.03. The molecule has 7 heteroatoms. The number of esters is 1. The van der Waals surface area contributed by atoms with Crippen molar-refractivity contribution in [1.29, 1.82) is 0 Å². The predicted molar refractivity (Wildman–Crippen MR) is 160 cm³/mol. The standard InChI is InChI=1S/C35H42O7/c1-27(36)38-23-15-4-3-14-22-31-32(39-24-28-16-8-5-9-17-28)33(40-25-29-18-10-6-11-19-29)34(35(37-2)42-31)41-26-30-20-12-7-13-21-30/h5-14,16-22,31-35H,3-4,15,23-26H2,1-2H3/b22-14+/t31-,32-,33+,34-,35+/m1/s1. The largest absolute Gasteiger partial charge is 0.466 e. The van der Waals surface area contributed by atoms with Crippen molar-refractivity contribution in [1.82, 2.24) is 0 Å². The SMILES string of the molecule is CO[C@H]1O[C@H](/C=C/CCCCOC(C)=O)[C@@H](OCc2ccccc2)[C@H](OCc2ccccc2)[C@H]1OCc1ccccc1. The van der Waals surface area contributed by atoms with E-state index in [0.717, 1.165) is 36.0 Å². The Morgan fingerprint density at radius 3 is 1.71 bits per heavy atom. The van der Waals surface area contributed by atoms with E-state index in [4.69, 9.17) is 28.4 Å². The number of carbonyl (C=O) groups is 1. The summed E-state index contributed by atoms with van der Waals surface area (Å²) in [5.74, 6) is -0.254. The molecule has 5 atom stereocenters. The predicted octanol–water partition coefficient (Wildman–Crippen LogP) is 6.40. The highest BCUT2D eigenvalue weighted by Gasteiger charge is 2.47. The molecule has 1 saturated heterocycles. The summed E-state index contributed by atoms with van der Waals surface area (Å²) >= 11 is 0. The summed E-state index contributed by atoms with van der Waals surface area (Å²) in [5.41, 5.74) is 3.16. The quantitative estimate of drug-likeness (QED) is 0.111. The van der Waals surface area contributed by atoms with E-state index in [1.165, 1.54) is 6.92 Å². The Labute approximate surface area is 249 Å². The second kappa shape index (κ2) is 17.6. The minimum Gasteiger partial charge on any atom is -0.466 e. The molecule has 4 rings (SSSR count). The zero-order valence-electron chi connectivity index (χ0n) is 24.5. The average molecular weight is 575 g/mol. The molecule has 0 bridgehead atoms. The summed E-state index contributed by atoms with van der Waals surface area (Å²) in [7, 11) is 1.62. The number of ether oxygens (including phenoxy) is 6. The van der Waals surface area contributed by atoms with Crippen LogP contribution in [0, 0.1) is 0 Å². The van der Waals surface area contributed by atoms with Gasteiger partial charge in [-0.3, -0.25) is 4.79 Å². The number of hydrogen-bond acceptors (Lipinski definition) is 7. The van der Waals surface area contributed by atoms with Gasteiger partial charge in [-0.15, -0.1) is 0 Å². The Kier molecular flexibility index (Phi) is 13.2. The number of hydrogen-bond donors (Lipinski definition) is 0. The van der Waals surface area contributed by atoms with Gasteiger partial charge < -0.3 is 28.4 Å². The van der Waals surface area contributed by atoms with Crippen LogP contribution in [0.4, 0.5) is 0 Å². The fourth-order valence-electron chi connectivity index (χ4n) is 4.85. The van der Waals surface area contributed by atoms with E-state index >= 15 is 0 Å². The van der Waals surface area contributed by atoms with E-state index < -0.39 is 30.7 Å². The van der Waals surface area contributed by atoms with Crippen LogP contribution in [0.3, 0.4) is 0 Å². The van der Waals surface area contributed by atoms with Gasteiger partial charge in [0.05, 0.1) is 26.4 Å². The summed E-state index contributed by atoms with van der Waals surface area (Å²) in [6.07, 6.45) is 4.05. The van der Waals surface area contributed by atoms with Crippen LogP contribution in [0.15, 0.2) is 103 Å². The third-order valence-corrected chi connectivity index (χ3v) is 7.02. The zero-order chi connectivity index (χ0) is 29.4. The van der Waals surface area contributed by atoms with E-state index in [1.807, 2.05) is 97.1 Å². The Balaban J connectivity index is 1.54. The minimum absolute atomic E-state index is 0.254. The van der Waals surface area contributed by atoms with E-state index in [9.17, 15) is 4.79 Å². The van der Waals surface area contributed by atoms with Gasteiger partial charge in [0, 0.05) is 14.0 Å². The first-order valence-corrected chi connectivity index (χ1v) is 14.6. The number of methoxy groups -OCH3 is 1. The van der Waals surface area contributed by atoms with Crippen LogP contribution < -0.4 is 0 Å². The van der Waals surface area contributed by atoms with Gasteiger partial charge in [0.1, 0.15) is 24.4 Å². The molecule has 0 saturated carbocycles. The fraction of sp³-hybridized carbons (Fsp3) is 0.400. The summed E-state index contributed by atoms with van der Waals surface area (Å²) < 4.78 is 37.0. The summed E-state index contributed by atoms with van der Waals surface area (Å²) in [6.45, 7) is 3.03. The maximum absolute atomic E-state index is 11.0. The first-order chi connectivity index (χ1) is 20.6. The highest BCUT2D eigenvalue weighted by Crippen LogP contribution is 2.31. The van der Waals surface area contributed by atoms with Crippen LogP contribution in [0.2, 0.25) is 0 Å². The summed E-state index contributed by atoms with van der Waals surface area (Å²) in [5, 5.41) is 0. The second-order valence-corrected chi connectivity index (χ2v) is 10.3. The molecule has 1 heterocycles. The van der Waals surface area contributed by atoms with Crippen LogP contribution in [0.25, 0.3) is 0 Å². The van der Waals surface area contributed by atoms with Gasteiger partial charge in [0.15, 0.2) is 6.29 Å². The molecule has 0 spiro atoms. The topological polar surface area (TPSA) is 72.5 Å². The molecular weight excluding hydrogens is 532 g/mol. The van der Waals surface area contributed by atoms with Crippen molar-refractivity contribution in [2.24, 2.45) is 0 Å². The monoisotopic (exact) mass is 574 g/mol. The maximum atomic E-state index is 11.0. The van der Waals surface area contributed by atoms with E-state index in [-0.39, 0.29) is 5.97 Å². The smallest absolute Gasteiger partial charge is 0.302 e. The van der Waals surface area contributed by atoms with Gasteiger partial charge >= 0.3 is 5.97 Å². The van der Waals surface area contributed by atoms with Crippen LogP contribution in [-0.4, -0.2) is 50.4 Å². The molecule has 0 aliphatic carbocycles. The lowest BCUT2D eigenvalue weighted by atomic mass is 9.96. The molecule has 7 nitrogen and oxygen atoms in total. The highest BCUT2D eigenvalue weighted by molar-refractivity contribution is 5.65. The Bertz CT molecular complexity index is 1190. The summed E-state index contributed by atoms with van der Waals surface area (Å²) in [4.78, 5) is 11.0. The van der Waals surface area contributed by atoms with Crippen LogP contribution in [0.5, 0.6) is 0 Å². The molecule has 0 unspecified atom stereocenters. The Morgan fingerprint density at radius 2 is 1.21 bits per heavy atom. The van der Waals surface area contributed by atoms with Crippen molar-refractivity contribution in [2.45, 2.75) is 76.7 Å². The van der Waals surface area contributed by atoms with Gasteiger partial charge in [0.25, 0.3) is 0 Å². The van der Waals surface area contributed by atoms with E-state index in [2.05, 4.69) is 6.08 Å². The van der Waals surface area contributed by atoms with Gasteiger partial charge in [-0.2, -0.15) is 0 Å². The van der Waals surface area contributed by atoms with Crippen LogP contribution in [-0.2, 0) is 53.0 Å². The molecular formula is C35H42O7. The molecule has 0 N–H and O–H groups in total. The van der Waals surface area contributed by atoms with Gasteiger partial charge in [-0.25, -0.2) is 0 Å². The molecule has 0 aromatic heterocycles. The van der Waals surface area contributed by atoms with Crippen molar-refractivity contribution in [2.75, 3.05) is 13.7 Å². The normalized spacial score (nSPS) is 22.3. The van der Waals surface area contributed by atoms with E-state index in [1.54, 1.807) is 7.11 Å². The Hall–Kier alpha value is -3.33. The Morgan fingerprint density at radius 1 is 0.714 bits per heavy atom. The second-order valence-electron chi connectivity index (χ2n) is 10.3. The first-order valence-electron chi connectivity index (χ1n) is 14.6. The first kappa shape index (κ1) is 31.6. The molecule has 0 amide bonds. The number of allylic oxidation sites excluding steroid dienone is 1. The number of carbonyl (C=O) groups excluding carboxylic acids is 1. The van der Waals surface area contributed by atoms with Crippen molar-refractivity contribution in [3.05, 3.63) is 120 Å².